The third-order valence-corrected chi connectivity index (χ3v) is 3.61. The Morgan fingerprint density at radius 3 is 2.23 bits per heavy atom. The van der Waals surface area contributed by atoms with Gasteiger partial charge in [-0.3, -0.25) is 0 Å². The summed E-state index contributed by atoms with van der Waals surface area (Å²) in [5.41, 5.74) is 0. The van der Waals surface area contributed by atoms with Crippen molar-refractivity contribution >= 4 is 11.6 Å². The maximum Gasteiger partial charge on any atom is 0.116 e. The lowest BCUT2D eigenvalue weighted by Crippen LogP contribution is -2.47. The van der Waals surface area contributed by atoms with Crippen molar-refractivity contribution in [1.29, 1.82) is 0 Å². The third kappa shape index (κ3) is 2.83. The van der Waals surface area contributed by atoms with E-state index in [-0.39, 0.29) is 6.10 Å². The van der Waals surface area contributed by atoms with Crippen molar-refractivity contribution in [3.63, 3.8) is 0 Å². The Balaban J connectivity index is 2.49. The number of likely N-dealkylation sites (N-methyl/N-ethyl adjacent to an activating group) is 1. The number of nitrogens with zero attached hydrogens (tertiary/aromatic N) is 1. The second-order valence-corrected chi connectivity index (χ2v) is 5.24. The second kappa shape index (κ2) is 4.16. The van der Waals surface area contributed by atoms with Crippen LogP contribution >= 0.6 is 11.6 Å². The smallest absolute Gasteiger partial charge is 0.116 e. The topological polar surface area (TPSA) is 20.2 Å². The lowest BCUT2D eigenvalue weighted by Gasteiger charge is -2.31. The maximum absolute atomic E-state index is 9.51. The van der Waals surface area contributed by atoms with Crippen LogP contribution in [0.15, 0.2) is 0 Å². The van der Waals surface area contributed by atoms with Gasteiger partial charge in [0.05, 0.1) is 26.0 Å². The minimum atomic E-state index is -0.343. The van der Waals surface area contributed by atoms with Gasteiger partial charge >= 0.3 is 0 Å². The van der Waals surface area contributed by atoms with E-state index in [9.17, 15) is 5.11 Å². The fourth-order valence-corrected chi connectivity index (χ4v) is 2.63. The molecular formula is C10H21ClNO+. The molecule has 1 aliphatic heterocycles. The quantitative estimate of drug-likeness (QED) is 0.546. The normalized spacial score (nSPS) is 42.2. The summed E-state index contributed by atoms with van der Waals surface area (Å²) in [7, 11) is 2.22. The van der Waals surface area contributed by atoms with Crippen LogP contribution in [0.4, 0.5) is 0 Å². The van der Waals surface area contributed by atoms with Gasteiger partial charge in [-0.05, 0) is 0 Å². The summed E-state index contributed by atoms with van der Waals surface area (Å²) >= 11 is 5.61. The van der Waals surface area contributed by atoms with E-state index >= 15 is 0 Å². The Labute approximate surface area is 86.1 Å². The molecule has 0 radical (unpaired) electrons. The van der Waals surface area contributed by atoms with Crippen molar-refractivity contribution < 1.29 is 9.59 Å². The number of hydrogen-bond donors (Lipinski definition) is 1. The van der Waals surface area contributed by atoms with E-state index < -0.39 is 0 Å². The summed E-state index contributed by atoms with van der Waals surface area (Å²) in [5, 5.41) is 9.51. The molecule has 3 atom stereocenters. The van der Waals surface area contributed by atoms with Crippen LogP contribution in [0.1, 0.15) is 13.8 Å². The Bertz CT molecular complexity index is 164. The average molecular weight is 207 g/mol. The molecule has 0 aliphatic carbocycles. The van der Waals surface area contributed by atoms with E-state index in [0.717, 1.165) is 22.9 Å². The van der Waals surface area contributed by atoms with Crippen molar-refractivity contribution in [2.45, 2.75) is 20.0 Å². The molecule has 13 heavy (non-hydrogen) atoms. The van der Waals surface area contributed by atoms with Gasteiger partial charge in [0.1, 0.15) is 12.6 Å². The van der Waals surface area contributed by atoms with Crippen LogP contribution in [0.2, 0.25) is 0 Å². The highest BCUT2D eigenvalue weighted by Crippen LogP contribution is 2.27. The first-order valence-electron chi connectivity index (χ1n) is 5.04. The molecule has 0 spiro atoms. The third-order valence-electron chi connectivity index (χ3n) is 3.26. The first-order chi connectivity index (χ1) is 5.97. The molecule has 2 nitrogen and oxygen atoms in total. The largest absolute Gasteiger partial charge is 0.386 e. The molecule has 1 fully saturated rings. The van der Waals surface area contributed by atoms with Crippen LogP contribution in [0.25, 0.3) is 0 Å². The molecule has 1 aliphatic rings. The summed E-state index contributed by atoms with van der Waals surface area (Å²) in [6.45, 7) is 7.74. The van der Waals surface area contributed by atoms with Gasteiger partial charge in [0, 0.05) is 11.8 Å². The fraction of sp³-hybridized carbons (Fsp3) is 1.00. The lowest BCUT2D eigenvalue weighted by molar-refractivity contribution is -0.902. The maximum atomic E-state index is 9.51. The Morgan fingerprint density at radius 1 is 1.38 bits per heavy atom. The van der Waals surface area contributed by atoms with E-state index in [1.54, 1.807) is 0 Å². The lowest BCUT2D eigenvalue weighted by atomic mass is 10.0. The monoisotopic (exact) mass is 206 g/mol. The summed E-state index contributed by atoms with van der Waals surface area (Å²) in [6, 6.07) is 0. The number of halogens is 1. The molecule has 0 amide bonds. The van der Waals surface area contributed by atoms with Gasteiger partial charge in [-0.15, -0.1) is 11.6 Å². The van der Waals surface area contributed by atoms with Crippen molar-refractivity contribution in [2.24, 2.45) is 11.8 Å². The highest BCUT2D eigenvalue weighted by molar-refractivity contribution is 6.18. The molecule has 1 heterocycles. The zero-order valence-electron chi connectivity index (χ0n) is 8.83. The number of quaternary nitrogens is 1. The Kier molecular flexibility index (Phi) is 3.61. The highest BCUT2D eigenvalue weighted by atomic mass is 35.5. The minimum absolute atomic E-state index is 0.343. The van der Waals surface area contributed by atoms with Crippen LogP contribution in [-0.4, -0.2) is 48.3 Å². The number of aliphatic hydroxyl groups excluding tert-OH is 1. The number of likely N-dealkylation sites (tertiary alicyclic amines) is 1. The fourth-order valence-electron chi connectivity index (χ4n) is 2.53. The van der Waals surface area contributed by atoms with Gasteiger partial charge in [0.15, 0.2) is 0 Å². The molecular weight excluding hydrogens is 186 g/mol. The van der Waals surface area contributed by atoms with E-state index in [1.165, 1.54) is 13.1 Å². The standard InChI is InChI=1S/C10H21ClNO/c1-8-5-12(3,6-9(8)2)7-10(13)4-11/h8-10,13H,4-7H2,1-3H3/q+1. The summed E-state index contributed by atoms with van der Waals surface area (Å²) in [5.74, 6) is 1.90. The summed E-state index contributed by atoms with van der Waals surface area (Å²) in [4.78, 5) is 0. The van der Waals surface area contributed by atoms with Gasteiger partial charge in [-0.2, -0.15) is 0 Å². The predicted octanol–water partition coefficient (Wildman–Crippen LogP) is 1.32. The van der Waals surface area contributed by atoms with Crippen LogP contribution in [0.3, 0.4) is 0 Å². The molecule has 3 unspecified atom stereocenters. The van der Waals surface area contributed by atoms with E-state index in [4.69, 9.17) is 11.6 Å². The second-order valence-electron chi connectivity index (χ2n) is 4.93. The van der Waals surface area contributed by atoms with Crippen molar-refractivity contribution in [3.05, 3.63) is 0 Å². The molecule has 1 rings (SSSR count). The molecule has 0 aromatic heterocycles. The van der Waals surface area contributed by atoms with E-state index in [0.29, 0.717) is 5.88 Å². The molecule has 0 bridgehead atoms. The number of hydrogen-bond acceptors (Lipinski definition) is 1. The molecule has 78 valence electrons. The molecule has 0 aromatic rings. The van der Waals surface area contributed by atoms with Crippen LogP contribution in [0, 0.1) is 11.8 Å². The molecule has 0 aromatic carbocycles. The molecule has 0 saturated carbocycles. The van der Waals surface area contributed by atoms with Gasteiger partial charge in [-0.1, -0.05) is 13.8 Å². The Morgan fingerprint density at radius 2 is 1.85 bits per heavy atom. The summed E-state index contributed by atoms with van der Waals surface area (Å²) in [6.07, 6.45) is -0.343. The average Bonchev–Trinajstić information content (AvgIpc) is 2.25. The van der Waals surface area contributed by atoms with Crippen LogP contribution in [0.5, 0.6) is 0 Å². The zero-order chi connectivity index (χ0) is 10.1. The van der Waals surface area contributed by atoms with Crippen LogP contribution in [-0.2, 0) is 0 Å². The molecule has 1 saturated heterocycles. The number of rotatable bonds is 3. The molecule has 1 N–H and O–H groups in total. The van der Waals surface area contributed by atoms with E-state index in [2.05, 4.69) is 20.9 Å². The molecule has 3 heteroatoms. The highest BCUT2D eigenvalue weighted by Gasteiger charge is 2.38. The van der Waals surface area contributed by atoms with Crippen molar-refractivity contribution in [1.82, 2.24) is 0 Å². The Hall–Kier alpha value is 0.210. The predicted molar refractivity (Wildman–Crippen MR) is 55.8 cm³/mol. The van der Waals surface area contributed by atoms with Gasteiger partial charge < -0.3 is 9.59 Å². The first kappa shape index (κ1) is 11.3. The minimum Gasteiger partial charge on any atom is -0.386 e. The first-order valence-corrected chi connectivity index (χ1v) is 5.58. The van der Waals surface area contributed by atoms with Gasteiger partial charge in [0.2, 0.25) is 0 Å². The van der Waals surface area contributed by atoms with Gasteiger partial charge in [-0.25, -0.2) is 0 Å². The SMILES string of the molecule is CC1C[N+](C)(CC(O)CCl)CC1C. The summed E-state index contributed by atoms with van der Waals surface area (Å²) < 4.78 is 0.982. The number of aliphatic hydroxyl groups is 1. The van der Waals surface area contributed by atoms with E-state index in [1.807, 2.05) is 0 Å². The van der Waals surface area contributed by atoms with Gasteiger partial charge in [0.25, 0.3) is 0 Å². The number of alkyl halides is 1. The van der Waals surface area contributed by atoms with Crippen molar-refractivity contribution in [3.8, 4) is 0 Å². The van der Waals surface area contributed by atoms with Crippen molar-refractivity contribution in [2.75, 3.05) is 32.6 Å². The van der Waals surface area contributed by atoms with Crippen LogP contribution < -0.4 is 0 Å². The zero-order valence-corrected chi connectivity index (χ0v) is 9.59.